The predicted molar refractivity (Wildman–Crippen MR) is 100 cm³/mol. The minimum absolute atomic E-state index is 0.0427. The monoisotopic (exact) mass is 378 g/mol. The van der Waals surface area contributed by atoms with Crippen LogP contribution in [-0.2, 0) is 6.54 Å². The van der Waals surface area contributed by atoms with E-state index in [0.717, 1.165) is 37.8 Å². The number of amides is 1. The number of carbonyl (C=O) groups is 1. The van der Waals surface area contributed by atoms with Crippen LogP contribution in [-0.4, -0.2) is 47.8 Å². The zero-order chi connectivity index (χ0) is 19.1. The first-order chi connectivity index (χ1) is 13.7. The molecular formula is C20H22N6O2. The van der Waals surface area contributed by atoms with Crippen molar-refractivity contribution >= 4 is 5.91 Å². The van der Waals surface area contributed by atoms with Gasteiger partial charge in [0.1, 0.15) is 5.69 Å². The Bertz CT molecular complexity index is 968. The lowest BCUT2D eigenvalue weighted by Gasteiger charge is -2.37. The number of carbonyl (C=O) groups excluding carboxylic acids is 1. The number of pyridine rings is 1. The molecule has 1 amide bonds. The van der Waals surface area contributed by atoms with Gasteiger partial charge in [-0.1, -0.05) is 5.16 Å². The third kappa shape index (κ3) is 2.89. The predicted octanol–water partition coefficient (Wildman–Crippen LogP) is 2.90. The number of rotatable bonds is 4. The molecule has 8 nitrogen and oxygen atoms in total. The summed E-state index contributed by atoms with van der Waals surface area (Å²) in [6.07, 6.45) is 9.05. The quantitative estimate of drug-likeness (QED) is 0.693. The summed E-state index contributed by atoms with van der Waals surface area (Å²) in [5.74, 6) is 1.50. The van der Waals surface area contributed by atoms with Crippen molar-refractivity contribution < 1.29 is 9.32 Å². The number of piperidine rings is 1. The summed E-state index contributed by atoms with van der Waals surface area (Å²) in [5.41, 5.74) is 1.43. The van der Waals surface area contributed by atoms with Crippen LogP contribution in [0.15, 0.2) is 41.3 Å². The van der Waals surface area contributed by atoms with E-state index >= 15 is 0 Å². The van der Waals surface area contributed by atoms with E-state index in [9.17, 15) is 4.79 Å². The Labute approximate surface area is 162 Å². The summed E-state index contributed by atoms with van der Waals surface area (Å²) >= 11 is 0. The smallest absolute Gasteiger partial charge is 0.274 e. The summed E-state index contributed by atoms with van der Waals surface area (Å²) < 4.78 is 7.37. The largest absolute Gasteiger partial charge is 0.339 e. The summed E-state index contributed by atoms with van der Waals surface area (Å²) in [6, 6.07) is 5.97. The van der Waals surface area contributed by atoms with Crippen LogP contribution in [0.5, 0.6) is 0 Å². The first kappa shape index (κ1) is 17.1. The molecule has 2 bridgehead atoms. The summed E-state index contributed by atoms with van der Waals surface area (Å²) in [5, 5.41) is 8.53. The molecule has 5 rings (SSSR count). The second-order valence-electron chi connectivity index (χ2n) is 7.51. The lowest BCUT2D eigenvalue weighted by molar-refractivity contribution is 0.0548. The van der Waals surface area contributed by atoms with Crippen LogP contribution in [0, 0.1) is 0 Å². The van der Waals surface area contributed by atoms with Crippen molar-refractivity contribution in [3.05, 3.63) is 48.4 Å². The number of aromatic nitrogens is 5. The van der Waals surface area contributed by atoms with Gasteiger partial charge in [-0.05, 0) is 50.8 Å². The van der Waals surface area contributed by atoms with Crippen molar-refractivity contribution in [1.82, 2.24) is 29.8 Å². The molecular weight excluding hydrogens is 356 g/mol. The fraction of sp³-hybridized carbons (Fsp3) is 0.450. The molecule has 5 heterocycles. The molecule has 2 aliphatic heterocycles. The number of hydrogen-bond donors (Lipinski definition) is 0. The van der Waals surface area contributed by atoms with Crippen LogP contribution in [0.3, 0.4) is 0 Å². The van der Waals surface area contributed by atoms with Gasteiger partial charge in [0.25, 0.3) is 5.91 Å². The summed E-state index contributed by atoms with van der Waals surface area (Å²) in [4.78, 5) is 23.7. The molecule has 3 aromatic rings. The third-order valence-electron chi connectivity index (χ3n) is 5.88. The van der Waals surface area contributed by atoms with Gasteiger partial charge in [-0.15, -0.1) is 0 Å². The maximum absolute atomic E-state index is 13.0. The second-order valence-corrected chi connectivity index (χ2v) is 7.51. The van der Waals surface area contributed by atoms with Crippen LogP contribution in [0.4, 0.5) is 0 Å². The standard InChI is InChI=1S/C20H22N6O2/c1-2-25-10-7-17(23-25)20(27)26-15-3-4-16(26)12-14(11-15)19-22-18(24-28-19)13-5-8-21-9-6-13/h5-10,14-16H,2-4,11-12H2,1H3/t14?,15-,16+. The Morgan fingerprint density at radius 2 is 1.93 bits per heavy atom. The molecule has 3 aromatic heterocycles. The highest BCUT2D eigenvalue weighted by Crippen LogP contribution is 2.43. The molecule has 8 heteroatoms. The molecule has 0 radical (unpaired) electrons. The number of aryl methyl sites for hydroxylation is 1. The molecule has 28 heavy (non-hydrogen) atoms. The van der Waals surface area contributed by atoms with Crippen LogP contribution < -0.4 is 0 Å². The Balaban J connectivity index is 1.33. The minimum Gasteiger partial charge on any atom is -0.339 e. The van der Waals surface area contributed by atoms with Gasteiger partial charge in [-0.3, -0.25) is 14.5 Å². The van der Waals surface area contributed by atoms with E-state index in [-0.39, 0.29) is 23.9 Å². The number of hydrogen-bond acceptors (Lipinski definition) is 6. The lowest BCUT2D eigenvalue weighted by atomic mass is 9.90. The van der Waals surface area contributed by atoms with Gasteiger partial charge in [0, 0.05) is 48.7 Å². The first-order valence-electron chi connectivity index (χ1n) is 9.83. The van der Waals surface area contributed by atoms with E-state index in [1.807, 2.05) is 36.2 Å². The van der Waals surface area contributed by atoms with Gasteiger partial charge >= 0.3 is 0 Å². The molecule has 2 aliphatic rings. The van der Waals surface area contributed by atoms with Crippen molar-refractivity contribution in [3.8, 4) is 11.4 Å². The second kappa shape index (κ2) is 6.85. The molecule has 2 fully saturated rings. The van der Waals surface area contributed by atoms with Gasteiger partial charge in [0.2, 0.25) is 11.7 Å². The Hall–Kier alpha value is -3.03. The average molecular weight is 378 g/mol. The normalized spacial score (nSPS) is 23.9. The van der Waals surface area contributed by atoms with E-state index < -0.39 is 0 Å². The summed E-state index contributed by atoms with van der Waals surface area (Å²) in [6.45, 7) is 2.78. The van der Waals surface area contributed by atoms with E-state index in [1.165, 1.54) is 0 Å². The molecule has 0 N–H and O–H groups in total. The zero-order valence-electron chi connectivity index (χ0n) is 15.7. The molecule has 0 aromatic carbocycles. The highest BCUT2D eigenvalue weighted by atomic mass is 16.5. The Morgan fingerprint density at radius 3 is 2.61 bits per heavy atom. The van der Waals surface area contributed by atoms with Crippen molar-refractivity contribution in [1.29, 1.82) is 0 Å². The van der Waals surface area contributed by atoms with Gasteiger partial charge in [-0.25, -0.2) is 0 Å². The van der Waals surface area contributed by atoms with Gasteiger partial charge in [0.05, 0.1) is 0 Å². The molecule has 144 valence electrons. The third-order valence-corrected chi connectivity index (χ3v) is 5.88. The molecule has 0 aliphatic carbocycles. The van der Waals surface area contributed by atoms with Crippen LogP contribution in [0.1, 0.15) is 54.9 Å². The number of fused-ring (bicyclic) bond motifs is 2. The highest BCUT2D eigenvalue weighted by molar-refractivity contribution is 5.93. The molecule has 2 saturated heterocycles. The van der Waals surface area contributed by atoms with Crippen LogP contribution in [0.25, 0.3) is 11.4 Å². The van der Waals surface area contributed by atoms with Crippen molar-refractivity contribution in [2.24, 2.45) is 0 Å². The zero-order valence-corrected chi connectivity index (χ0v) is 15.7. The molecule has 1 unspecified atom stereocenters. The fourth-order valence-electron chi connectivity index (χ4n) is 4.51. The van der Waals surface area contributed by atoms with E-state index in [1.54, 1.807) is 17.1 Å². The van der Waals surface area contributed by atoms with E-state index in [0.29, 0.717) is 17.4 Å². The van der Waals surface area contributed by atoms with Gasteiger partial charge < -0.3 is 9.42 Å². The first-order valence-corrected chi connectivity index (χ1v) is 9.83. The minimum atomic E-state index is 0.0427. The van der Waals surface area contributed by atoms with Crippen molar-refractivity contribution in [2.75, 3.05) is 0 Å². The molecule has 0 saturated carbocycles. The average Bonchev–Trinajstić information content (AvgIpc) is 3.46. The molecule has 3 atom stereocenters. The van der Waals surface area contributed by atoms with Gasteiger partial charge in [0.15, 0.2) is 0 Å². The fourth-order valence-corrected chi connectivity index (χ4v) is 4.51. The topological polar surface area (TPSA) is 89.9 Å². The highest BCUT2D eigenvalue weighted by Gasteiger charge is 2.45. The van der Waals surface area contributed by atoms with Crippen molar-refractivity contribution in [2.45, 2.75) is 57.2 Å². The maximum atomic E-state index is 13.0. The summed E-state index contributed by atoms with van der Waals surface area (Å²) in [7, 11) is 0. The molecule has 0 spiro atoms. The van der Waals surface area contributed by atoms with Crippen LogP contribution in [0.2, 0.25) is 0 Å². The van der Waals surface area contributed by atoms with Crippen LogP contribution >= 0.6 is 0 Å². The van der Waals surface area contributed by atoms with E-state index in [4.69, 9.17) is 4.52 Å². The number of nitrogens with zero attached hydrogens (tertiary/aromatic N) is 6. The Kier molecular flexibility index (Phi) is 4.18. The van der Waals surface area contributed by atoms with Crippen molar-refractivity contribution in [3.63, 3.8) is 0 Å². The Morgan fingerprint density at radius 1 is 1.18 bits per heavy atom. The maximum Gasteiger partial charge on any atom is 0.274 e. The van der Waals surface area contributed by atoms with Gasteiger partial charge in [-0.2, -0.15) is 10.1 Å². The van der Waals surface area contributed by atoms with E-state index in [2.05, 4.69) is 20.2 Å². The SMILES string of the molecule is CCn1ccc(C(=O)N2[C@@H]3CC[C@H]2CC(c2nc(-c4ccncc4)no2)C3)n1. The lowest BCUT2D eigenvalue weighted by Crippen LogP contribution is -2.46.